The molecule has 0 bridgehead atoms. The molecule has 0 aliphatic rings. The van der Waals surface area contributed by atoms with Gasteiger partial charge in [-0.05, 0) is 13.3 Å². The molecule has 0 unspecified atom stereocenters. The number of carbonyl (C=O) groups is 2. The number of rotatable bonds is 5. The van der Waals surface area contributed by atoms with Crippen LogP contribution in [0.1, 0.15) is 19.8 Å². The molecule has 3 heteroatoms. The van der Waals surface area contributed by atoms with Gasteiger partial charge in [-0.15, -0.1) is 6.58 Å². The highest BCUT2D eigenvalue weighted by atomic mass is 16.5. The van der Waals surface area contributed by atoms with E-state index in [-0.39, 0.29) is 18.4 Å². The molecular weight excluding hydrogens is 144 g/mol. The number of carbonyl (C=O) groups excluding carboxylic acids is 2. The van der Waals surface area contributed by atoms with Crippen LogP contribution in [0.5, 0.6) is 0 Å². The Kier molecular flexibility index (Phi) is 5.07. The molecule has 0 amide bonds. The van der Waals surface area contributed by atoms with Crippen molar-refractivity contribution in [3.8, 4) is 0 Å². The number of ether oxygens (including phenoxy) is 1. The van der Waals surface area contributed by atoms with Crippen molar-refractivity contribution >= 4 is 11.8 Å². The second-order valence-electron chi connectivity index (χ2n) is 2.19. The summed E-state index contributed by atoms with van der Waals surface area (Å²) in [6.07, 6.45) is 2.53. The minimum atomic E-state index is -0.347. The molecule has 0 aliphatic carbocycles. The van der Waals surface area contributed by atoms with Gasteiger partial charge in [-0.1, -0.05) is 6.08 Å². The molecule has 0 spiro atoms. The van der Waals surface area contributed by atoms with E-state index in [1.54, 1.807) is 6.08 Å². The fraction of sp³-hybridized carbons (Fsp3) is 0.500. The Balaban J connectivity index is 3.37. The molecule has 0 atom stereocenters. The minimum absolute atomic E-state index is 0.115. The Morgan fingerprint density at radius 2 is 2.18 bits per heavy atom. The Labute approximate surface area is 66.0 Å². The number of hydrogen-bond acceptors (Lipinski definition) is 3. The van der Waals surface area contributed by atoms with Gasteiger partial charge in [-0.2, -0.15) is 0 Å². The van der Waals surface area contributed by atoms with Crippen LogP contribution in [0.15, 0.2) is 12.7 Å². The van der Waals surface area contributed by atoms with Gasteiger partial charge in [0.05, 0.1) is 0 Å². The first-order valence-corrected chi connectivity index (χ1v) is 3.42. The van der Waals surface area contributed by atoms with Crippen molar-refractivity contribution in [3.63, 3.8) is 0 Å². The summed E-state index contributed by atoms with van der Waals surface area (Å²) in [6, 6.07) is 0. The van der Waals surface area contributed by atoms with Crippen LogP contribution >= 0.6 is 0 Å². The van der Waals surface area contributed by atoms with Crippen molar-refractivity contribution in [3.05, 3.63) is 12.7 Å². The molecule has 3 nitrogen and oxygen atoms in total. The topological polar surface area (TPSA) is 43.4 Å². The maximum absolute atomic E-state index is 10.7. The second-order valence-corrected chi connectivity index (χ2v) is 2.19. The molecule has 0 aromatic carbocycles. The molecule has 0 saturated heterocycles. The molecule has 0 radical (unpaired) electrons. The molecule has 0 aliphatic heterocycles. The first-order chi connectivity index (χ1) is 5.16. The second kappa shape index (κ2) is 5.65. The zero-order valence-electron chi connectivity index (χ0n) is 6.63. The standard InChI is InChI=1S/C8H12O3/c1-3-4-5-8(10)11-6-7(2)9/h3H,1,4-6H2,2H3. The van der Waals surface area contributed by atoms with Crippen LogP contribution in [0.25, 0.3) is 0 Å². The van der Waals surface area contributed by atoms with Gasteiger partial charge in [0.25, 0.3) is 0 Å². The SMILES string of the molecule is C=CCCC(=O)OCC(C)=O. The van der Waals surface area contributed by atoms with Gasteiger partial charge in [0.2, 0.25) is 0 Å². The van der Waals surface area contributed by atoms with Gasteiger partial charge < -0.3 is 4.74 Å². The smallest absolute Gasteiger partial charge is 0.306 e. The van der Waals surface area contributed by atoms with Crippen LogP contribution in [-0.2, 0) is 14.3 Å². The highest BCUT2D eigenvalue weighted by molar-refractivity contribution is 5.80. The normalized spacial score (nSPS) is 8.82. The lowest BCUT2D eigenvalue weighted by Crippen LogP contribution is -2.10. The molecule has 11 heavy (non-hydrogen) atoms. The van der Waals surface area contributed by atoms with Crippen molar-refractivity contribution in [2.75, 3.05) is 6.61 Å². The lowest BCUT2D eigenvalue weighted by atomic mass is 10.3. The lowest BCUT2D eigenvalue weighted by Gasteiger charge is -1.99. The van der Waals surface area contributed by atoms with E-state index in [2.05, 4.69) is 11.3 Å². The fourth-order valence-corrected chi connectivity index (χ4v) is 0.474. The molecular formula is C8H12O3. The summed E-state index contributed by atoms with van der Waals surface area (Å²) in [7, 11) is 0. The summed E-state index contributed by atoms with van der Waals surface area (Å²) in [5.41, 5.74) is 0. The highest BCUT2D eigenvalue weighted by Gasteiger charge is 2.01. The van der Waals surface area contributed by atoms with E-state index in [1.165, 1.54) is 6.92 Å². The van der Waals surface area contributed by atoms with Crippen LogP contribution in [0.3, 0.4) is 0 Å². The number of esters is 1. The lowest BCUT2D eigenvalue weighted by molar-refractivity contribution is -0.147. The summed E-state index contributed by atoms with van der Waals surface area (Å²) < 4.78 is 4.57. The van der Waals surface area contributed by atoms with Gasteiger partial charge in [0.1, 0.15) is 6.61 Å². The summed E-state index contributed by atoms with van der Waals surface area (Å²) >= 11 is 0. The third-order valence-corrected chi connectivity index (χ3v) is 0.989. The van der Waals surface area contributed by atoms with Gasteiger partial charge in [0.15, 0.2) is 5.78 Å². The van der Waals surface area contributed by atoms with Gasteiger partial charge in [0, 0.05) is 6.42 Å². The number of ketones is 1. The number of allylic oxidation sites excluding steroid dienone is 1. The largest absolute Gasteiger partial charge is 0.458 e. The van der Waals surface area contributed by atoms with Crippen molar-refractivity contribution in [2.45, 2.75) is 19.8 Å². The highest BCUT2D eigenvalue weighted by Crippen LogP contribution is 1.92. The summed E-state index contributed by atoms with van der Waals surface area (Å²) in [5, 5.41) is 0. The van der Waals surface area contributed by atoms with Crippen molar-refractivity contribution in [1.82, 2.24) is 0 Å². The molecule has 62 valence electrons. The van der Waals surface area contributed by atoms with Gasteiger partial charge in [-0.25, -0.2) is 0 Å². The summed E-state index contributed by atoms with van der Waals surface area (Å²) in [5.74, 6) is -0.489. The van der Waals surface area contributed by atoms with Crippen molar-refractivity contribution < 1.29 is 14.3 Å². The van der Waals surface area contributed by atoms with E-state index in [1.807, 2.05) is 0 Å². The van der Waals surface area contributed by atoms with E-state index in [9.17, 15) is 9.59 Å². The minimum Gasteiger partial charge on any atom is -0.458 e. The maximum Gasteiger partial charge on any atom is 0.306 e. The Bertz CT molecular complexity index is 161. The van der Waals surface area contributed by atoms with Crippen LogP contribution in [0, 0.1) is 0 Å². The zero-order chi connectivity index (χ0) is 8.69. The van der Waals surface area contributed by atoms with E-state index in [0.29, 0.717) is 12.8 Å². The van der Waals surface area contributed by atoms with Gasteiger partial charge >= 0.3 is 5.97 Å². The van der Waals surface area contributed by atoms with Crippen molar-refractivity contribution in [2.24, 2.45) is 0 Å². The monoisotopic (exact) mass is 156 g/mol. The van der Waals surface area contributed by atoms with Crippen LogP contribution in [0.2, 0.25) is 0 Å². The molecule has 0 fully saturated rings. The predicted octanol–water partition coefficient (Wildman–Crippen LogP) is 1.08. The summed E-state index contributed by atoms with van der Waals surface area (Å²) in [6.45, 7) is 4.71. The molecule has 0 heterocycles. The Morgan fingerprint density at radius 1 is 1.55 bits per heavy atom. The molecule has 0 aromatic heterocycles. The molecule has 0 saturated carbocycles. The van der Waals surface area contributed by atoms with Crippen LogP contribution in [0.4, 0.5) is 0 Å². The molecule has 0 rings (SSSR count). The molecule has 0 aromatic rings. The summed E-state index contributed by atoms with van der Waals surface area (Å²) in [4.78, 5) is 21.0. The quantitative estimate of drug-likeness (QED) is 0.442. The predicted molar refractivity (Wildman–Crippen MR) is 41.1 cm³/mol. The van der Waals surface area contributed by atoms with E-state index < -0.39 is 0 Å². The van der Waals surface area contributed by atoms with Crippen LogP contribution in [-0.4, -0.2) is 18.4 Å². The number of hydrogen-bond donors (Lipinski definition) is 0. The van der Waals surface area contributed by atoms with E-state index >= 15 is 0 Å². The van der Waals surface area contributed by atoms with E-state index in [0.717, 1.165) is 0 Å². The average Bonchev–Trinajstić information content (AvgIpc) is 1.97. The maximum atomic E-state index is 10.7. The third-order valence-electron chi connectivity index (χ3n) is 0.989. The number of Topliss-reactive ketones (excluding diaryl/α,β-unsaturated/α-hetero) is 1. The van der Waals surface area contributed by atoms with Crippen LogP contribution < -0.4 is 0 Å². The third kappa shape index (κ3) is 6.77. The Hall–Kier alpha value is -1.12. The first kappa shape index (κ1) is 9.88. The average molecular weight is 156 g/mol. The van der Waals surface area contributed by atoms with Gasteiger partial charge in [-0.3, -0.25) is 9.59 Å². The first-order valence-electron chi connectivity index (χ1n) is 3.42. The zero-order valence-corrected chi connectivity index (χ0v) is 6.63. The Morgan fingerprint density at radius 3 is 2.64 bits per heavy atom. The fourth-order valence-electron chi connectivity index (χ4n) is 0.474. The van der Waals surface area contributed by atoms with E-state index in [4.69, 9.17) is 0 Å². The van der Waals surface area contributed by atoms with Crippen molar-refractivity contribution in [1.29, 1.82) is 0 Å². The molecule has 0 N–H and O–H groups in total.